The number of amides is 1. The van der Waals surface area contributed by atoms with Crippen molar-refractivity contribution >= 4 is 29.7 Å². The summed E-state index contributed by atoms with van der Waals surface area (Å²) in [5.41, 5.74) is 6.44. The predicted molar refractivity (Wildman–Crippen MR) is 94.0 cm³/mol. The summed E-state index contributed by atoms with van der Waals surface area (Å²) in [5.74, 6) is 1.47. The van der Waals surface area contributed by atoms with Crippen molar-refractivity contribution in [2.75, 3.05) is 26.3 Å². The Morgan fingerprint density at radius 3 is 2.74 bits per heavy atom. The van der Waals surface area contributed by atoms with Crippen LogP contribution in [0.25, 0.3) is 10.4 Å². The van der Waals surface area contributed by atoms with Crippen LogP contribution in [0.4, 0.5) is 0 Å². The van der Waals surface area contributed by atoms with Crippen LogP contribution in [0.1, 0.15) is 16.1 Å². The molecule has 23 heavy (non-hydrogen) atoms. The van der Waals surface area contributed by atoms with E-state index in [0.717, 1.165) is 28.4 Å². The van der Waals surface area contributed by atoms with Crippen LogP contribution >= 0.6 is 23.7 Å². The number of nitrogens with one attached hydrogen (secondary N) is 1. The zero-order chi connectivity index (χ0) is 15.4. The van der Waals surface area contributed by atoms with Crippen molar-refractivity contribution in [2.24, 2.45) is 5.73 Å². The third-order valence-electron chi connectivity index (χ3n) is 3.32. The van der Waals surface area contributed by atoms with E-state index in [1.165, 1.54) is 11.3 Å². The van der Waals surface area contributed by atoms with Crippen LogP contribution in [0.2, 0.25) is 0 Å². The minimum absolute atomic E-state index is 0. The normalized spacial score (nSPS) is 12.4. The van der Waals surface area contributed by atoms with E-state index in [2.05, 4.69) is 5.32 Å². The smallest absolute Gasteiger partial charge is 0.261 e. The number of nitrogens with two attached hydrogens (primary N) is 1. The first-order valence-corrected chi connectivity index (χ1v) is 8.07. The molecule has 0 fully saturated rings. The molecule has 5 nitrogen and oxygen atoms in total. The van der Waals surface area contributed by atoms with Crippen molar-refractivity contribution in [1.82, 2.24) is 5.32 Å². The summed E-state index contributed by atoms with van der Waals surface area (Å²) >= 11 is 1.46. The molecular weight excluding hydrogens is 336 g/mol. The van der Waals surface area contributed by atoms with E-state index < -0.39 is 0 Å². The van der Waals surface area contributed by atoms with Gasteiger partial charge < -0.3 is 20.5 Å². The second-order valence-electron chi connectivity index (χ2n) is 4.92. The van der Waals surface area contributed by atoms with E-state index in [1.807, 2.05) is 30.3 Å². The molecular formula is C16H19ClN2O3S. The van der Waals surface area contributed by atoms with Gasteiger partial charge in [-0.2, -0.15) is 0 Å². The highest BCUT2D eigenvalue weighted by Gasteiger charge is 2.14. The Morgan fingerprint density at radius 2 is 1.96 bits per heavy atom. The molecule has 0 saturated carbocycles. The van der Waals surface area contributed by atoms with Crippen molar-refractivity contribution in [1.29, 1.82) is 0 Å². The Hall–Kier alpha value is -1.76. The third kappa shape index (κ3) is 4.16. The number of carbonyl (C=O) groups excluding carboxylic acids is 1. The Morgan fingerprint density at radius 1 is 1.17 bits per heavy atom. The molecule has 7 heteroatoms. The highest BCUT2D eigenvalue weighted by Crippen LogP contribution is 2.36. The Kier molecular flexibility index (Phi) is 6.27. The molecule has 1 aromatic carbocycles. The van der Waals surface area contributed by atoms with Gasteiger partial charge in [-0.25, -0.2) is 0 Å². The average Bonchev–Trinajstić information content (AvgIpc) is 3.04. The van der Waals surface area contributed by atoms with Crippen LogP contribution in [-0.2, 0) is 0 Å². The number of fused-ring (bicyclic) bond motifs is 1. The summed E-state index contributed by atoms with van der Waals surface area (Å²) in [4.78, 5) is 13.7. The van der Waals surface area contributed by atoms with Gasteiger partial charge in [0, 0.05) is 11.4 Å². The molecule has 1 aromatic heterocycles. The second kappa shape index (κ2) is 8.19. The number of carbonyl (C=O) groups is 1. The largest absolute Gasteiger partial charge is 0.486 e. The van der Waals surface area contributed by atoms with Crippen molar-refractivity contribution < 1.29 is 14.3 Å². The molecule has 124 valence electrons. The quantitative estimate of drug-likeness (QED) is 0.810. The van der Waals surface area contributed by atoms with Crippen molar-refractivity contribution in [3.8, 4) is 21.9 Å². The molecule has 0 aliphatic carbocycles. The average molecular weight is 355 g/mol. The fourth-order valence-electron chi connectivity index (χ4n) is 2.20. The molecule has 3 rings (SSSR count). The van der Waals surface area contributed by atoms with Crippen LogP contribution < -0.4 is 20.5 Å². The number of thiophene rings is 1. The number of ether oxygens (including phenoxy) is 2. The highest BCUT2D eigenvalue weighted by molar-refractivity contribution is 7.17. The van der Waals surface area contributed by atoms with Gasteiger partial charge in [0.15, 0.2) is 11.5 Å². The Labute approximate surface area is 145 Å². The van der Waals surface area contributed by atoms with Gasteiger partial charge in [0.25, 0.3) is 5.91 Å². The zero-order valence-electron chi connectivity index (χ0n) is 12.5. The molecule has 0 bridgehead atoms. The summed E-state index contributed by atoms with van der Waals surface area (Å²) < 4.78 is 11.1. The molecule has 0 radical (unpaired) electrons. The summed E-state index contributed by atoms with van der Waals surface area (Å²) in [6, 6.07) is 9.64. The lowest BCUT2D eigenvalue weighted by atomic mass is 10.1. The van der Waals surface area contributed by atoms with E-state index in [1.54, 1.807) is 0 Å². The first kappa shape index (κ1) is 17.6. The van der Waals surface area contributed by atoms with Crippen LogP contribution in [0.5, 0.6) is 11.5 Å². The molecule has 0 unspecified atom stereocenters. The third-order valence-corrected chi connectivity index (χ3v) is 4.46. The number of rotatable bonds is 5. The summed E-state index contributed by atoms with van der Waals surface area (Å²) in [6.07, 6.45) is 0.784. The lowest BCUT2D eigenvalue weighted by Crippen LogP contribution is -2.25. The van der Waals surface area contributed by atoms with Gasteiger partial charge in [-0.15, -0.1) is 23.7 Å². The SMILES string of the molecule is Cl.NCCCNC(=O)c1ccc(-c2ccc3c(c2)OCCO3)s1. The number of benzene rings is 1. The molecule has 1 aliphatic heterocycles. The topological polar surface area (TPSA) is 73.6 Å². The molecule has 0 atom stereocenters. The molecule has 0 spiro atoms. The van der Waals surface area contributed by atoms with Gasteiger partial charge in [0.1, 0.15) is 13.2 Å². The van der Waals surface area contributed by atoms with Gasteiger partial charge in [0.05, 0.1) is 4.88 Å². The summed E-state index contributed by atoms with van der Waals surface area (Å²) in [7, 11) is 0. The monoisotopic (exact) mass is 354 g/mol. The maximum Gasteiger partial charge on any atom is 0.261 e. The van der Waals surface area contributed by atoms with Crippen molar-refractivity contribution in [2.45, 2.75) is 6.42 Å². The fraction of sp³-hybridized carbons (Fsp3) is 0.312. The Balaban J connectivity index is 0.00000192. The number of hydrogen-bond donors (Lipinski definition) is 2. The molecule has 1 amide bonds. The maximum atomic E-state index is 12.0. The standard InChI is InChI=1S/C16H18N2O3S.ClH/c17-6-1-7-18-16(19)15-5-4-14(22-15)11-2-3-12-13(10-11)21-9-8-20-12;/h2-5,10H,1,6-9,17H2,(H,18,19);1H. The van der Waals surface area contributed by atoms with Gasteiger partial charge >= 0.3 is 0 Å². The Bertz CT molecular complexity index is 675. The first-order valence-electron chi connectivity index (χ1n) is 7.26. The fourth-order valence-corrected chi connectivity index (χ4v) is 3.12. The zero-order valence-corrected chi connectivity index (χ0v) is 14.2. The van der Waals surface area contributed by atoms with Crippen LogP contribution in [0.3, 0.4) is 0 Å². The molecule has 1 aliphatic rings. The van der Waals surface area contributed by atoms with E-state index in [-0.39, 0.29) is 18.3 Å². The number of hydrogen-bond acceptors (Lipinski definition) is 5. The second-order valence-corrected chi connectivity index (χ2v) is 6.00. The molecule has 2 aromatic rings. The first-order chi connectivity index (χ1) is 10.8. The minimum Gasteiger partial charge on any atom is -0.486 e. The van der Waals surface area contributed by atoms with Crippen LogP contribution in [-0.4, -0.2) is 32.2 Å². The van der Waals surface area contributed by atoms with Crippen LogP contribution in [0.15, 0.2) is 30.3 Å². The van der Waals surface area contributed by atoms with Crippen molar-refractivity contribution in [3.05, 3.63) is 35.2 Å². The summed E-state index contributed by atoms with van der Waals surface area (Å²) in [6.45, 7) is 2.33. The van der Waals surface area contributed by atoms with Gasteiger partial charge in [-0.1, -0.05) is 0 Å². The van der Waals surface area contributed by atoms with Gasteiger partial charge in [-0.3, -0.25) is 4.79 Å². The van der Waals surface area contributed by atoms with Crippen molar-refractivity contribution in [3.63, 3.8) is 0 Å². The number of halogens is 1. The lowest BCUT2D eigenvalue weighted by molar-refractivity contribution is 0.0957. The lowest BCUT2D eigenvalue weighted by Gasteiger charge is -2.18. The van der Waals surface area contributed by atoms with E-state index >= 15 is 0 Å². The van der Waals surface area contributed by atoms with E-state index in [9.17, 15) is 4.79 Å². The minimum atomic E-state index is -0.0535. The maximum absolute atomic E-state index is 12.0. The predicted octanol–water partition coefficient (Wildman–Crippen LogP) is 2.69. The van der Waals surface area contributed by atoms with Gasteiger partial charge in [0.2, 0.25) is 0 Å². The molecule has 0 saturated heterocycles. The van der Waals surface area contributed by atoms with E-state index in [4.69, 9.17) is 15.2 Å². The van der Waals surface area contributed by atoms with E-state index in [0.29, 0.717) is 31.2 Å². The van der Waals surface area contributed by atoms with Crippen LogP contribution in [0, 0.1) is 0 Å². The summed E-state index contributed by atoms with van der Waals surface area (Å²) in [5, 5.41) is 2.86. The molecule has 2 heterocycles. The highest BCUT2D eigenvalue weighted by atomic mass is 35.5. The van der Waals surface area contributed by atoms with Gasteiger partial charge in [-0.05, 0) is 48.9 Å². The molecule has 3 N–H and O–H groups in total.